The van der Waals surface area contributed by atoms with Crippen LogP contribution < -0.4 is 0 Å². The summed E-state index contributed by atoms with van der Waals surface area (Å²) in [6.07, 6.45) is 8.82. The van der Waals surface area contributed by atoms with Gasteiger partial charge in [-0.05, 0) is 63.7 Å². The number of aliphatic hydroxyl groups is 1. The maximum Gasteiger partial charge on any atom is 0.270 e. The Bertz CT molecular complexity index is 579. The number of hydrogen-bond acceptors (Lipinski definition) is 3. The summed E-state index contributed by atoms with van der Waals surface area (Å²) in [5, 5.41) is 10.0. The number of likely N-dealkylation sites (tertiary alicyclic amines) is 2. The molecule has 2 aliphatic heterocycles. The van der Waals surface area contributed by atoms with E-state index < -0.39 is 0 Å². The molecule has 0 unspecified atom stereocenters. The van der Waals surface area contributed by atoms with Gasteiger partial charge in [-0.25, -0.2) is 0 Å². The average molecular weight is 331 g/mol. The first-order chi connectivity index (χ1) is 11.7. The minimum atomic E-state index is -0.0143. The van der Waals surface area contributed by atoms with Gasteiger partial charge >= 0.3 is 0 Å². The van der Waals surface area contributed by atoms with E-state index in [9.17, 15) is 9.90 Å². The van der Waals surface area contributed by atoms with Crippen LogP contribution in [0.25, 0.3) is 0 Å². The second-order valence-electron chi connectivity index (χ2n) is 7.97. The fraction of sp³-hybridized carbons (Fsp3) is 0.737. The Kier molecular flexibility index (Phi) is 4.39. The highest BCUT2D eigenvalue weighted by atomic mass is 16.3. The fourth-order valence-electron chi connectivity index (χ4n) is 4.37. The van der Waals surface area contributed by atoms with E-state index in [0.717, 1.165) is 38.2 Å². The second kappa shape index (κ2) is 6.52. The Morgan fingerprint density at radius 1 is 1.17 bits per heavy atom. The van der Waals surface area contributed by atoms with E-state index in [-0.39, 0.29) is 17.9 Å². The van der Waals surface area contributed by atoms with Crippen molar-refractivity contribution < 1.29 is 9.90 Å². The molecule has 1 N–H and O–H groups in total. The molecule has 5 heteroatoms. The van der Waals surface area contributed by atoms with Crippen molar-refractivity contribution in [2.75, 3.05) is 39.3 Å². The first-order valence-electron chi connectivity index (χ1n) is 9.50. The van der Waals surface area contributed by atoms with Gasteiger partial charge in [0, 0.05) is 37.3 Å². The maximum atomic E-state index is 12.9. The Balaban J connectivity index is 1.39. The van der Waals surface area contributed by atoms with Gasteiger partial charge in [-0.2, -0.15) is 0 Å². The highest BCUT2D eigenvalue weighted by Gasteiger charge is 2.38. The molecule has 1 saturated carbocycles. The van der Waals surface area contributed by atoms with Gasteiger partial charge in [-0.15, -0.1) is 0 Å². The molecule has 5 nitrogen and oxygen atoms in total. The number of piperidine rings is 1. The normalized spacial score (nSPS) is 24.5. The number of carbonyl (C=O) groups excluding carboxylic acids is 1. The number of hydrogen-bond donors (Lipinski definition) is 1. The minimum absolute atomic E-state index is 0.0143. The zero-order chi connectivity index (χ0) is 16.6. The first-order valence-corrected chi connectivity index (χ1v) is 9.50. The molecule has 1 aliphatic carbocycles. The van der Waals surface area contributed by atoms with E-state index in [1.165, 1.54) is 38.8 Å². The Labute approximate surface area is 144 Å². The van der Waals surface area contributed by atoms with E-state index in [4.69, 9.17) is 0 Å². The van der Waals surface area contributed by atoms with Crippen LogP contribution in [-0.2, 0) is 0 Å². The summed E-state index contributed by atoms with van der Waals surface area (Å²) in [7, 11) is 0. The molecule has 1 aromatic rings. The molecule has 2 saturated heterocycles. The molecule has 1 aromatic heterocycles. The van der Waals surface area contributed by atoms with Crippen molar-refractivity contribution in [1.82, 2.24) is 14.4 Å². The van der Waals surface area contributed by atoms with Crippen LogP contribution in [0.4, 0.5) is 0 Å². The third kappa shape index (κ3) is 3.11. The highest BCUT2D eigenvalue weighted by Crippen LogP contribution is 2.37. The van der Waals surface area contributed by atoms with Crippen molar-refractivity contribution in [2.24, 2.45) is 5.41 Å². The lowest BCUT2D eigenvalue weighted by molar-refractivity contribution is 0.0175. The Hall–Kier alpha value is -1.33. The lowest BCUT2D eigenvalue weighted by Gasteiger charge is -2.42. The van der Waals surface area contributed by atoms with Gasteiger partial charge in [0.2, 0.25) is 0 Å². The third-order valence-electron chi connectivity index (χ3n) is 6.14. The third-order valence-corrected chi connectivity index (χ3v) is 6.14. The predicted octanol–water partition coefficient (Wildman–Crippen LogP) is 2.13. The van der Waals surface area contributed by atoms with Crippen molar-refractivity contribution in [2.45, 2.75) is 44.6 Å². The summed E-state index contributed by atoms with van der Waals surface area (Å²) in [4.78, 5) is 17.4. The summed E-state index contributed by atoms with van der Waals surface area (Å²) < 4.78 is 2.15. The van der Waals surface area contributed by atoms with Crippen LogP contribution in [-0.4, -0.2) is 64.7 Å². The number of rotatable bonds is 5. The van der Waals surface area contributed by atoms with Gasteiger partial charge in [0.1, 0.15) is 5.69 Å². The largest absolute Gasteiger partial charge is 0.396 e. The quantitative estimate of drug-likeness (QED) is 0.899. The molecule has 3 heterocycles. The molecule has 0 bridgehead atoms. The molecule has 0 atom stereocenters. The molecule has 3 fully saturated rings. The van der Waals surface area contributed by atoms with Crippen LogP contribution in [0.2, 0.25) is 0 Å². The molecule has 3 aliphatic rings. The summed E-state index contributed by atoms with van der Waals surface area (Å²) >= 11 is 0. The molecular formula is C19H29N3O2. The number of nitrogens with zero attached hydrogens (tertiary/aromatic N) is 3. The summed E-state index contributed by atoms with van der Waals surface area (Å²) in [5.74, 6) is 0.166. The molecule has 132 valence electrons. The van der Waals surface area contributed by atoms with Gasteiger partial charge in [0.05, 0.1) is 6.61 Å². The molecule has 24 heavy (non-hydrogen) atoms. The molecule has 0 spiro atoms. The number of aromatic nitrogens is 1. The van der Waals surface area contributed by atoms with E-state index in [0.29, 0.717) is 6.04 Å². The standard InChI is InChI=1S/C19H29N3O2/c23-15-19(14-20-9-1-2-10-20)7-12-21(13-8-19)18(24)17-4-3-11-22(17)16-5-6-16/h3-4,11,16,23H,1-2,5-10,12-15H2. The van der Waals surface area contributed by atoms with Crippen LogP contribution in [0.3, 0.4) is 0 Å². The zero-order valence-corrected chi connectivity index (χ0v) is 14.5. The fourth-order valence-corrected chi connectivity index (χ4v) is 4.37. The topological polar surface area (TPSA) is 48.7 Å². The van der Waals surface area contributed by atoms with Crippen molar-refractivity contribution in [3.05, 3.63) is 24.0 Å². The highest BCUT2D eigenvalue weighted by molar-refractivity contribution is 5.93. The summed E-state index contributed by atoms with van der Waals surface area (Å²) in [5.41, 5.74) is 0.827. The van der Waals surface area contributed by atoms with Crippen molar-refractivity contribution in [1.29, 1.82) is 0 Å². The van der Waals surface area contributed by atoms with Gasteiger partial charge in [0.25, 0.3) is 5.91 Å². The lowest BCUT2D eigenvalue weighted by atomic mass is 9.78. The van der Waals surface area contributed by atoms with E-state index in [2.05, 4.69) is 9.47 Å². The van der Waals surface area contributed by atoms with E-state index >= 15 is 0 Å². The van der Waals surface area contributed by atoms with Gasteiger partial charge in [-0.3, -0.25) is 4.79 Å². The van der Waals surface area contributed by atoms with Crippen LogP contribution in [0, 0.1) is 5.41 Å². The van der Waals surface area contributed by atoms with Crippen LogP contribution in [0.1, 0.15) is 55.1 Å². The molecular weight excluding hydrogens is 302 g/mol. The Morgan fingerprint density at radius 2 is 1.88 bits per heavy atom. The van der Waals surface area contributed by atoms with Crippen LogP contribution in [0.15, 0.2) is 18.3 Å². The first kappa shape index (κ1) is 16.2. The van der Waals surface area contributed by atoms with Gasteiger partial charge in [-0.1, -0.05) is 0 Å². The van der Waals surface area contributed by atoms with Crippen molar-refractivity contribution in [3.63, 3.8) is 0 Å². The SMILES string of the molecule is O=C(c1cccn1C1CC1)N1CCC(CO)(CN2CCCC2)CC1. The Morgan fingerprint density at radius 3 is 2.50 bits per heavy atom. The maximum absolute atomic E-state index is 12.9. The molecule has 0 radical (unpaired) electrons. The van der Waals surface area contributed by atoms with Crippen molar-refractivity contribution in [3.8, 4) is 0 Å². The van der Waals surface area contributed by atoms with Crippen molar-refractivity contribution >= 4 is 5.91 Å². The zero-order valence-electron chi connectivity index (χ0n) is 14.5. The number of aliphatic hydroxyl groups excluding tert-OH is 1. The monoisotopic (exact) mass is 331 g/mol. The predicted molar refractivity (Wildman–Crippen MR) is 93.0 cm³/mol. The van der Waals surface area contributed by atoms with Gasteiger partial charge < -0.3 is 19.5 Å². The lowest BCUT2D eigenvalue weighted by Crippen LogP contribution is -2.49. The second-order valence-corrected chi connectivity index (χ2v) is 7.97. The molecule has 4 rings (SSSR count). The summed E-state index contributed by atoms with van der Waals surface area (Å²) in [6.45, 7) is 5.10. The smallest absolute Gasteiger partial charge is 0.270 e. The van der Waals surface area contributed by atoms with Crippen LogP contribution >= 0.6 is 0 Å². The number of carbonyl (C=O) groups is 1. The average Bonchev–Trinajstić information content (AvgIpc) is 3.11. The molecule has 0 aromatic carbocycles. The van der Waals surface area contributed by atoms with E-state index in [1.807, 2.05) is 23.2 Å². The number of amides is 1. The van der Waals surface area contributed by atoms with E-state index in [1.54, 1.807) is 0 Å². The van der Waals surface area contributed by atoms with Crippen LogP contribution in [0.5, 0.6) is 0 Å². The van der Waals surface area contributed by atoms with Gasteiger partial charge in [0.15, 0.2) is 0 Å². The minimum Gasteiger partial charge on any atom is -0.396 e. The molecule has 1 amide bonds. The summed E-state index contributed by atoms with van der Waals surface area (Å²) in [6, 6.07) is 4.48.